The van der Waals surface area contributed by atoms with Crippen molar-refractivity contribution < 1.29 is 0 Å². The molecule has 0 aliphatic carbocycles. The number of nitrogens with zero attached hydrogens (tertiary/aromatic N) is 5. The van der Waals surface area contributed by atoms with Crippen LogP contribution < -0.4 is 5.32 Å². The molecule has 0 aromatic carbocycles. The van der Waals surface area contributed by atoms with Crippen LogP contribution in [-0.4, -0.2) is 30.2 Å². The second-order valence-electron chi connectivity index (χ2n) is 5.46. The largest absolute Gasteiger partial charge is 0.309 e. The fourth-order valence-corrected chi connectivity index (χ4v) is 2.39. The minimum atomic E-state index is 0.408. The highest BCUT2D eigenvalue weighted by Crippen LogP contribution is 2.17. The molecule has 0 unspecified atom stereocenters. The van der Waals surface area contributed by atoms with Crippen LogP contribution in [0.15, 0.2) is 24.4 Å². The Morgan fingerprint density at radius 1 is 1.19 bits per heavy atom. The van der Waals surface area contributed by atoms with Gasteiger partial charge in [-0.15, -0.1) is 5.10 Å². The summed E-state index contributed by atoms with van der Waals surface area (Å²) < 4.78 is 3.92. The zero-order valence-corrected chi connectivity index (χ0v) is 12.8. The third-order valence-electron chi connectivity index (χ3n) is 3.36. The summed E-state index contributed by atoms with van der Waals surface area (Å²) in [7, 11) is 0. The van der Waals surface area contributed by atoms with Gasteiger partial charge in [0.05, 0.1) is 5.69 Å². The summed E-state index contributed by atoms with van der Waals surface area (Å²) in [6, 6.07) is 6.41. The number of pyridine rings is 1. The maximum absolute atomic E-state index is 4.72. The number of fused-ring (bicyclic) bond motifs is 1. The van der Waals surface area contributed by atoms with Gasteiger partial charge in [0.1, 0.15) is 17.3 Å². The molecule has 21 heavy (non-hydrogen) atoms. The number of aryl methyl sites for hydroxylation is 2. The summed E-state index contributed by atoms with van der Waals surface area (Å²) in [5.74, 6) is 2.45. The second-order valence-corrected chi connectivity index (χ2v) is 5.46. The van der Waals surface area contributed by atoms with Gasteiger partial charge in [-0.1, -0.05) is 19.9 Å². The number of hydrogen-bond donors (Lipinski definition) is 1. The Kier molecular flexibility index (Phi) is 3.47. The summed E-state index contributed by atoms with van der Waals surface area (Å²) in [5.41, 5.74) is 2.01. The lowest BCUT2D eigenvalue weighted by molar-refractivity contribution is 0.576. The first-order valence-corrected chi connectivity index (χ1v) is 7.16. The molecule has 0 saturated carbocycles. The van der Waals surface area contributed by atoms with Gasteiger partial charge >= 0.3 is 0 Å². The smallest absolute Gasteiger partial charge is 0.179 e. The molecular formula is C15H20N6. The Morgan fingerprint density at radius 2 is 2.00 bits per heavy atom. The molecule has 110 valence electrons. The van der Waals surface area contributed by atoms with Crippen LogP contribution in [0.25, 0.3) is 11.5 Å². The molecule has 6 nitrogen and oxygen atoms in total. The van der Waals surface area contributed by atoms with Gasteiger partial charge in [-0.3, -0.25) is 0 Å². The van der Waals surface area contributed by atoms with E-state index >= 15 is 0 Å². The van der Waals surface area contributed by atoms with Crippen molar-refractivity contribution in [3.8, 4) is 5.82 Å². The van der Waals surface area contributed by atoms with Crippen molar-refractivity contribution in [1.82, 2.24) is 29.5 Å². The quantitative estimate of drug-likeness (QED) is 0.796. The average molecular weight is 284 g/mol. The van der Waals surface area contributed by atoms with E-state index in [0.717, 1.165) is 35.4 Å². The molecule has 1 N–H and O–H groups in total. The number of nitrogens with one attached hydrogen (secondary N) is 1. The van der Waals surface area contributed by atoms with Crippen LogP contribution >= 0.6 is 0 Å². The van der Waals surface area contributed by atoms with Gasteiger partial charge in [0, 0.05) is 18.8 Å². The minimum Gasteiger partial charge on any atom is -0.309 e. The van der Waals surface area contributed by atoms with Crippen molar-refractivity contribution >= 4 is 5.65 Å². The van der Waals surface area contributed by atoms with Gasteiger partial charge in [-0.25, -0.2) is 9.97 Å². The van der Waals surface area contributed by atoms with E-state index in [-0.39, 0.29) is 0 Å². The fraction of sp³-hybridized carbons (Fsp3) is 0.400. The normalized spacial score (nSPS) is 11.7. The number of imidazole rings is 1. The first-order valence-electron chi connectivity index (χ1n) is 7.16. The molecule has 3 rings (SSSR count). The lowest BCUT2D eigenvalue weighted by atomic mass is 10.3. The average Bonchev–Trinajstić information content (AvgIpc) is 2.96. The maximum Gasteiger partial charge on any atom is 0.179 e. The highest BCUT2D eigenvalue weighted by Gasteiger charge is 2.17. The lowest BCUT2D eigenvalue weighted by Crippen LogP contribution is -2.23. The van der Waals surface area contributed by atoms with E-state index in [9.17, 15) is 0 Å². The monoisotopic (exact) mass is 284 g/mol. The highest BCUT2D eigenvalue weighted by atomic mass is 15.4. The molecule has 0 atom stereocenters. The molecule has 6 heteroatoms. The van der Waals surface area contributed by atoms with Crippen LogP contribution in [0.2, 0.25) is 0 Å². The molecule has 0 aliphatic heterocycles. The number of rotatable bonds is 4. The molecule has 0 amide bonds. The van der Waals surface area contributed by atoms with E-state index in [1.54, 1.807) is 0 Å². The molecule has 0 aliphatic rings. The van der Waals surface area contributed by atoms with E-state index < -0.39 is 0 Å². The molecule has 0 saturated heterocycles. The first kappa shape index (κ1) is 13.8. The lowest BCUT2D eigenvalue weighted by Gasteiger charge is -2.10. The predicted octanol–water partition coefficient (Wildman–Crippen LogP) is 2.03. The van der Waals surface area contributed by atoms with Crippen molar-refractivity contribution in [1.29, 1.82) is 0 Å². The second kappa shape index (κ2) is 5.29. The predicted molar refractivity (Wildman–Crippen MR) is 81.6 cm³/mol. The third-order valence-corrected chi connectivity index (χ3v) is 3.36. The van der Waals surface area contributed by atoms with Crippen LogP contribution in [0.5, 0.6) is 0 Å². The van der Waals surface area contributed by atoms with E-state index in [1.807, 2.05) is 42.9 Å². The van der Waals surface area contributed by atoms with Crippen LogP contribution in [0.3, 0.4) is 0 Å². The van der Waals surface area contributed by atoms with Crippen LogP contribution in [-0.2, 0) is 6.54 Å². The Labute approximate surface area is 123 Å². The van der Waals surface area contributed by atoms with Gasteiger partial charge in [-0.2, -0.15) is 4.68 Å². The van der Waals surface area contributed by atoms with E-state index in [4.69, 9.17) is 4.98 Å². The molecular weight excluding hydrogens is 264 g/mol. The highest BCUT2D eigenvalue weighted by molar-refractivity contribution is 5.48. The summed E-state index contributed by atoms with van der Waals surface area (Å²) in [4.78, 5) is 9.09. The van der Waals surface area contributed by atoms with E-state index in [1.165, 1.54) is 0 Å². The molecule has 0 bridgehead atoms. The van der Waals surface area contributed by atoms with Crippen molar-refractivity contribution in [2.24, 2.45) is 0 Å². The molecule has 0 spiro atoms. The Balaban J connectivity index is 2.16. The van der Waals surface area contributed by atoms with Crippen molar-refractivity contribution in [2.45, 2.75) is 40.3 Å². The molecule has 3 aromatic rings. The molecule has 3 heterocycles. The minimum absolute atomic E-state index is 0.408. The van der Waals surface area contributed by atoms with Gasteiger partial charge < -0.3 is 9.72 Å². The topological polar surface area (TPSA) is 60.0 Å². The molecule has 0 fully saturated rings. The summed E-state index contributed by atoms with van der Waals surface area (Å²) in [5, 5.41) is 7.92. The number of aromatic nitrogens is 5. The van der Waals surface area contributed by atoms with Crippen molar-refractivity contribution in [3.63, 3.8) is 0 Å². The van der Waals surface area contributed by atoms with E-state index in [2.05, 4.69) is 33.6 Å². The van der Waals surface area contributed by atoms with E-state index in [0.29, 0.717) is 6.04 Å². The van der Waals surface area contributed by atoms with Crippen LogP contribution in [0.1, 0.15) is 31.2 Å². The zero-order chi connectivity index (χ0) is 15.0. The number of hydrogen-bond acceptors (Lipinski definition) is 4. The van der Waals surface area contributed by atoms with Gasteiger partial charge in [0.15, 0.2) is 5.82 Å². The summed E-state index contributed by atoms with van der Waals surface area (Å²) >= 11 is 0. The third kappa shape index (κ3) is 2.54. The van der Waals surface area contributed by atoms with Crippen molar-refractivity contribution in [3.05, 3.63) is 41.7 Å². The zero-order valence-electron chi connectivity index (χ0n) is 12.8. The van der Waals surface area contributed by atoms with Crippen LogP contribution in [0.4, 0.5) is 0 Å². The summed E-state index contributed by atoms with van der Waals surface area (Å²) in [6.07, 6.45) is 2.03. The van der Waals surface area contributed by atoms with Crippen LogP contribution in [0, 0.1) is 13.8 Å². The first-order chi connectivity index (χ1) is 10.1. The molecule has 3 aromatic heterocycles. The van der Waals surface area contributed by atoms with Gasteiger partial charge in [0.2, 0.25) is 0 Å². The maximum atomic E-state index is 4.72. The van der Waals surface area contributed by atoms with Crippen molar-refractivity contribution in [2.75, 3.05) is 0 Å². The Morgan fingerprint density at radius 3 is 2.67 bits per heavy atom. The van der Waals surface area contributed by atoms with Gasteiger partial charge in [-0.05, 0) is 26.0 Å². The molecule has 0 radical (unpaired) electrons. The summed E-state index contributed by atoms with van der Waals surface area (Å²) in [6.45, 7) is 8.84. The van der Waals surface area contributed by atoms with Gasteiger partial charge in [0.25, 0.3) is 0 Å². The Hall–Kier alpha value is -2.21. The standard InChI is InChI=1S/C15H20N6/c1-10(2)16-9-13-15(21-12(4)17-11(3)19-21)18-14-7-5-6-8-20(13)14/h5-8,10,16H,9H2,1-4H3. The Bertz CT molecular complexity index is 768. The fourth-order valence-electron chi connectivity index (χ4n) is 2.39. The SMILES string of the molecule is Cc1nc(C)n(-c2nc3ccccn3c2CNC(C)C)n1.